The lowest BCUT2D eigenvalue weighted by molar-refractivity contribution is -0.388. The van der Waals surface area contributed by atoms with Crippen molar-refractivity contribution in [2.24, 2.45) is 5.73 Å². The van der Waals surface area contributed by atoms with Crippen molar-refractivity contribution in [3.63, 3.8) is 0 Å². The number of ether oxygens (including phenoxy) is 1. The van der Waals surface area contributed by atoms with Crippen LogP contribution in [0.4, 0.5) is 5.69 Å². The molecular formula is C24H18BrN3O6. The van der Waals surface area contributed by atoms with E-state index in [1.807, 2.05) is 30.3 Å². The summed E-state index contributed by atoms with van der Waals surface area (Å²) in [5, 5.41) is 26.3. The highest BCUT2D eigenvalue weighted by Gasteiger charge is 2.73. The Bertz CT molecular complexity index is 1360. The molecule has 2 aliphatic rings. The number of Topliss-reactive ketones (excluding diaryl/α,β-unsaturated/α-hetero) is 1. The number of fused-ring (bicyclic) bond motifs is 5. The van der Waals surface area contributed by atoms with E-state index in [-0.39, 0.29) is 28.9 Å². The van der Waals surface area contributed by atoms with Gasteiger partial charge in [0, 0.05) is 21.7 Å². The highest BCUT2D eigenvalue weighted by molar-refractivity contribution is 9.10. The van der Waals surface area contributed by atoms with Crippen LogP contribution in [-0.4, -0.2) is 27.8 Å². The van der Waals surface area contributed by atoms with Gasteiger partial charge in [0.25, 0.3) is 11.5 Å². The van der Waals surface area contributed by atoms with Crippen LogP contribution < -0.4 is 15.8 Å². The van der Waals surface area contributed by atoms with Gasteiger partial charge < -0.3 is 20.9 Å². The lowest BCUT2D eigenvalue weighted by Gasteiger charge is -2.34. The first-order valence-corrected chi connectivity index (χ1v) is 11.1. The first-order chi connectivity index (χ1) is 16.2. The summed E-state index contributed by atoms with van der Waals surface area (Å²) >= 11 is 3.31. The molecule has 1 aliphatic carbocycles. The molecule has 9 nitrogen and oxygen atoms in total. The van der Waals surface area contributed by atoms with Gasteiger partial charge in [-0.2, -0.15) is 0 Å². The number of nitrogens with zero attached hydrogens (tertiary/aromatic N) is 1. The first kappa shape index (κ1) is 22.2. The van der Waals surface area contributed by atoms with Gasteiger partial charge in [-0.3, -0.25) is 19.7 Å². The predicted octanol–water partition coefficient (Wildman–Crippen LogP) is 2.67. The average molecular weight is 524 g/mol. The molecule has 0 bridgehead atoms. The van der Waals surface area contributed by atoms with Crippen LogP contribution in [0.1, 0.15) is 27.0 Å². The van der Waals surface area contributed by atoms with Gasteiger partial charge in [0.2, 0.25) is 17.2 Å². The Balaban J connectivity index is 1.64. The number of hydrogen-bond donors (Lipinski definition) is 3. The third kappa shape index (κ3) is 2.99. The van der Waals surface area contributed by atoms with Gasteiger partial charge in [-0.25, -0.2) is 0 Å². The summed E-state index contributed by atoms with van der Waals surface area (Å²) in [5.41, 5.74) is 4.08. The number of ketones is 1. The fraction of sp³-hybridized carbons (Fsp3) is 0.167. The van der Waals surface area contributed by atoms with Gasteiger partial charge in [0.15, 0.2) is 0 Å². The van der Waals surface area contributed by atoms with Crippen LogP contribution in [-0.2, 0) is 22.5 Å². The van der Waals surface area contributed by atoms with Crippen LogP contribution in [0, 0.1) is 10.1 Å². The molecule has 0 spiro atoms. The van der Waals surface area contributed by atoms with Gasteiger partial charge in [0.05, 0.1) is 11.0 Å². The molecule has 0 saturated carbocycles. The van der Waals surface area contributed by atoms with Gasteiger partial charge in [0.1, 0.15) is 11.3 Å². The van der Waals surface area contributed by atoms with Gasteiger partial charge in [-0.05, 0) is 24.1 Å². The monoisotopic (exact) mass is 523 g/mol. The summed E-state index contributed by atoms with van der Waals surface area (Å²) in [5.74, 6) is -3.89. The van der Waals surface area contributed by atoms with E-state index in [0.29, 0.717) is 4.47 Å². The first-order valence-electron chi connectivity index (χ1n) is 10.3. The molecule has 0 saturated heterocycles. The predicted molar refractivity (Wildman–Crippen MR) is 124 cm³/mol. The number of halogens is 1. The molecule has 1 aliphatic heterocycles. The van der Waals surface area contributed by atoms with Crippen molar-refractivity contribution in [3.8, 4) is 5.75 Å². The minimum absolute atomic E-state index is 0.103. The standard InChI is InChI=1S/C24H18BrN3O6/c25-14-9-10-16-19(12-14)34-24(31)20-15(7-4-8-18(20)28(32)33)21(29)23(16,24)27-22(30)17(26)11-13-5-2-1-3-6-13/h1-10,12,17,31H,11,26H2,(H,27,30). The molecule has 0 radical (unpaired) electrons. The fourth-order valence-corrected chi connectivity index (χ4v) is 5.05. The van der Waals surface area contributed by atoms with Crippen LogP contribution >= 0.6 is 15.9 Å². The second kappa shape index (κ2) is 7.73. The Morgan fingerprint density at radius 2 is 1.91 bits per heavy atom. The summed E-state index contributed by atoms with van der Waals surface area (Å²) in [7, 11) is 0. The summed E-state index contributed by atoms with van der Waals surface area (Å²) in [6.07, 6.45) is 0.177. The molecule has 3 aromatic rings. The van der Waals surface area contributed by atoms with Crippen molar-refractivity contribution in [1.29, 1.82) is 0 Å². The maximum absolute atomic E-state index is 13.8. The van der Waals surface area contributed by atoms with E-state index in [4.69, 9.17) is 10.5 Å². The molecule has 172 valence electrons. The number of carbonyl (C=O) groups is 2. The highest BCUT2D eigenvalue weighted by atomic mass is 79.9. The zero-order chi connectivity index (χ0) is 24.3. The molecule has 3 atom stereocenters. The number of nitro groups is 1. The van der Waals surface area contributed by atoms with E-state index >= 15 is 0 Å². The topological polar surface area (TPSA) is 145 Å². The zero-order valence-corrected chi connectivity index (χ0v) is 19.1. The van der Waals surface area contributed by atoms with Crippen LogP contribution in [0.5, 0.6) is 5.75 Å². The largest absolute Gasteiger partial charge is 0.454 e. The summed E-state index contributed by atoms with van der Waals surface area (Å²) in [4.78, 5) is 38.2. The minimum Gasteiger partial charge on any atom is -0.454 e. The van der Waals surface area contributed by atoms with Gasteiger partial charge in [-0.15, -0.1) is 0 Å². The zero-order valence-electron chi connectivity index (χ0n) is 17.5. The van der Waals surface area contributed by atoms with E-state index in [1.165, 1.54) is 30.3 Å². The number of nitrogens with two attached hydrogens (primary N) is 1. The summed E-state index contributed by atoms with van der Waals surface area (Å²) < 4.78 is 6.42. The lowest BCUT2D eigenvalue weighted by atomic mass is 9.82. The van der Waals surface area contributed by atoms with Crippen molar-refractivity contribution < 1.29 is 24.4 Å². The van der Waals surface area contributed by atoms with E-state index in [0.717, 1.165) is 5.56 Å². The minimum atomic E-state index is -2.55. The normalized spacial score (nSPS) is 22.9. The van der Waals surface area contributed by atoms with Crippen LogP contribution in [0.2, 0.25) is 0 Å². The number of aliphatic hydroxyl groups is 1. The summed E-state index contributed by atoms with van der Waals surface area (Å²) in [6.45, 7) is 0. The summed E-state index contributed by atoms with van der Waals surface area (Å²) in [6, 6.07) is 16.6. The molecule has 0 fully saturated rings. The molecule has 34 heavy (non-hydrogen) atoms. The SMILES string of the molecule is NC(Cc1ccccc1)C(=O)NC12C(=O)c3cccc([N+](=O)[O-])c3C1(O)Oc1cc(Br)ccc12. The van der Waals surface area contributed by atoms with E-state index in [2.05, 4.69) is 21.2 Å². The Kier molecular flexibility index (Phi) is 5.05. The number of hydrogen-bond acceptors (Lipinski definition) is 7. The number of rotatable bonds is 5. The highest BCUT2D eigenvalue weighted by Crippen LogP contribution is 2.60. The molecule has 5 rings (SSSR count). The quantitative estimate of drug-likeness (QED) is 0.344. The van der Waals surface area contributed by atoms with Crippen LogP contribution in [0.15, 0.2) is 71.2 Å². The fourth-order valence-electron chi connectivity index (χ4n) is 4.71. The molecule has 3 unspecified atom stereocenters. The van der Waals surface area contributed by atoms with E-state index in [1.54, 1.807) is 6.07 Å². The second-order valence-corrected chi connectivity index (χ2v) is 9.12. The van der Waals surface area contributed by atoms with E-state index < -0.39 is 39.7 Å². The molecule has 1 amide bonds. The van der Waals surface area contributed by atoms with Crippen molar-refractivity contribution in [2.45, 2.75) is 23.8 Å². The maximum Gasteiger partial charge on any atom is 0.280 e. The van der Waals surface area contributed by atoms with Crippen LogP contribution in [0.25, 0.3) is 0 Å². The molecule has 4 N–H and O–H groups in total. The van der Waals surface area contributed by atoms with Gasteiger partial charge in [-0.1, -0.05) is 64.5 Å². The van der Waals surface area contributed by atoms with Crippen molar-refractivity contribution in [3.05, 3.63) is 104 Å². The third-order valence-electron chi connectivity index (χ3n) is 6.22. The molecule has 3 aromatic carbocycles. The number of nitrogens with one attached hydrogen (secondary N) is 1. The Labute approximate surface area is 201 Å². The Morgan fingerprint density at radius 1 is 1.18 bits per heavy atom. The maximum atomic E-state index is 13.8. The van der Waals surface area contributed by atoms with Crippen molar-refractivity contribution in [1.82, 2.24) is 5.32 Å². The van der Waals surface area contributed by atoms with Gasteiger partial charge >= 0.3 is 0 Å². The average Bonchev–Trinajstić information content (AvgIpc) is 3.16. The van der Waals surface area contributed by atoms with E-state index in [9.17, 15) is 24.8 Å². The number of amides is 1. The van der Waals surface area contributed by atoms with Crippen molar-refractivity contribution in [2.75, 3.05) is 0 Å². The second-order valence-electron chi connectivity index (χ2n) is 8.21. The smallest absolute Gasteiger partial charge is 0.280 e. The third-order valence-corrected chi connectivity index (χ3v) is 6.72. The molecule has 1 heterocycles. The lowest BCUT2D eigenvalue weighted by Crippen LogP contribution is -2.62. The molecule has 10 heteroatoms. The van der Waals surface area contributed by atoms with Crippen molar-refractivity contribution >= 4 is 33.3 Å². The number of benzene rings is 3. The van der Waals surface area contributed by atoms with Crippen LogP contribution in [0.3, 0.4) is 0 Å². The Hall–Kier alpha value is -3.60. The molecular weight excluding hydrogens is 506 g/mol. The Morgan fingerprint density at radius 3 is 2.62 bits per heavy atom. The number of nitro benzene ring substituents is 1. The number of carbonyl (C=O) groups excluding carboxylic acids is 2. The molecule has 0 aromatic heterocycles.